The zero-order valence-electron chi connectivity index (χ0n) is 9.16. The molecule has 1 unspecified atom stereocenters. The summed E-state index contributed by atoms with van der Waals surface area (Å²) in [6.45, 7) is 5.62. The molecule has 4 nitrogen and oxygen atoms in total. The second-order valence-electron chi connectivity index (χ2n) is 3.66. The highest BCUT2D eigenvalue weighted by Gasteiger charge is 2.16. The van der Waals surface area contributed by atoms with Crippen molar-refractivity contribution in [3.8, 4) is 0 Å². The van der Waals surface area contributed by atoms with E-state index in [1.807, 2.05) is 13.8 Å². The van der Waals surface area contributed by atoms with E-state index in [1.165, 1.54) is 0 Å². The van der Waals surface area contributed by atoms with Crippen LogP contribution < -0.4 is 4.72 Å². The van der Waals surface area contributed by atoms with Crippen molar-refractivity contribution in [2.24, 2.45) is 5.92 Å². The molecule has 86 valence electrons. The molecule has 0 saturated heterocycles. The summed E-state index contributed by atoms with van der Waals surface area (Å²) < 4.78 is 25.3. The van der Waals surface area contributed by atoms with Gasteiger partial charge in [0.05, 0.1) is 11.9 Å². The SMILES string of the molecule is CCC(CC)CS(=O)(=O)NCC(C)O. The fraction of sp³-hybridized carbons (Fsp3) is 1.00. The average Bonchev–Trinajstić information content (AvgIpc) is 2.11. The number of hydrogen-bond acceptors (Lipinski definition) is 3. The highest BCUT2D eigenvalue weighted by Crippen LogP contribution is 2.09. The van der Waals surface area contributed by atoms with Crippen LogP contribution in [-0.2, 0) is 10.0 Å². The summed E-state index contributed by atoms with van der Waals surface area (Å²) in [6.07, 6.45) is 1.10. The van der Waals surface area contributed by atoms with Gasteiger partial charge in [-0.3, -0.25) is 0 Å². The van der Waals surface area contributed by atoms with E-state index in [9.17, 15) is 8.42 Å². The highest BCUT2D eigenvalue weighted by molar-refractivity contribution is 7.89. The van der Waals surface area contributed by atoms with Gasteiger partial charge in [-0.1, -0.05) is 26.7 Å². The quantitative estimate of drug-likeness (QED) is 0.668. The molecule has 0 bridgehead atoms. The maximum absolute atomic E-state index is 11.4. The Morgan fingerprint density at radius 1 is 1.29 bits per heavy atom. The van der Waals surface area contributed by atoms with E-state index in [1.54, 1.807) is 6.92 Å². The molecular weight excluding hydrogens is 202 g/mol. The lowest BCUT2D eigenvalue weighted by atomic mass is 10.1. The summed E-state index contributed by atoms with van der Waals surface area (Å²) in [6, 6.07) is 0. The van der Waals surface area contributed by atoms with Crippen LogP contribution >= 0.6 is 0 Å². The molecule has 2 N–H and O–H groups in total. The molecule has 0 aliphatic heterocycles. The van der Waals surface area contributed by atoms with E-state index >= 15 is 0 Å². The van der Waals surface area contributed by atoms with Crippen molar-refractivity contribution in [3.63, 3.8) is 0 Å². The van der Waals surface area contributed by atoms with Crippen molar-refractivity contribution in [2.75, 3.05) is 12.3 Å². The molecule has 0 radical (unpaired) electrons. The smallest absolute Gasteiger partial charge is 0.211 e. The van der Waals surface area contributed by atoms with E-state index in [4.69, 9.17) is 5.11 Å². The van der Waals surface area contributed by atoms with Crippen LogP contribution in [0.2, 0.25) is 0 Å². The largest absolute Gasteiger partial charge is 0.392 e. The van der Waals surface area contributed by atoms with Crippen LogP contribution in [0.25, 0.3) is 0 Å². The summed E-state index contributed by atoms with van der Waals surface area (Å²) in [5.41, 5.74) is 0. The Bertz CT molecular complexity index is 232. The zero-order valence-corrected chi connectivity index (χ0v) is 9.97. The molecule has 14 heavy (non-hydrogen) atoms. The lowest BCUT2D eigenvalue weighted by molar-refractivity contribution is 0.198. The second kappa shape index (κ2) is 6.37. The molecule has 0 spiro atoms. The topological polar surface area (TPSA) is 66.4 Å². The van der Waals surface area contributed by atoms with Crippen LogP contribution in [0.5, 0.6) is 0 Å². The number of hydrogen-bond donors (Lipinski definition) is 2. The Morgan fingerprint density at radius 3 is 2.14 bits per heavy atom. The molecule has 0 aromatic carbocycles. The molecule has 1 atom stereocenters. The van der Waals surface area contributed by atoms with Gasteiger partial charge in [0.15, 0.2) is 0 Å². The third kappa shape index (κ3) is 6.34. The predicted molar refractivity (Wildman–Crippen MR) is 57.5 cm³/mol. The van der Waals surface area contributed by atoms with Gasteiger partial charge >= 0.3 is 0 Å². The first-order valence-electron chi connectivity index (χ1n) is 5.06. The minimum atomic E-state index is -3.21. The van der Waals surface area contributed by atoms with E-state index in [-0.39, 0.29) is 18.2 Å². The molecule has 0 aliphatic rings. The van der Waals surface area contributed by atoms with Crippen molar-refractivity contribution in [1.29, 1.82) is 0 Å². The monoisotopic (exact) mass is 223 g/mol. The lowest BCUT2D eigenvalue weighted by Gasteiger charge is -2.13. The van der Waals surface area contributed by atoms with Crippen LogP contribution in [0.1, 0.15) is 33.6 Å². The molecule has 0 fully saturated rings. The van der Waals surface area contributed by atoms with Gasteiger partial charge in [-0.15, -0.1) is 0 Å². The Labute approximate surface area is 86.8 Å². The molecule has 0 aromatic rings. The van der Waals surface area contributed by atoms with Crippen LogP contribution in [-0.4, -0.2) is 31.9 Å². The first-order valence-corrected chi connectivity index (χ1v) is 6.71. The summed E-state index contributed by atoms with van der Waals surface area (Å²) >= 11 is 0. The maximum Gasteiger partial charge on any atom is 0.211 e. The van der Waals surface area contributed by atoms with Gasteiger partial charge in [-0.05, 0) is 12.8 Å². The standard InChI is InChI=1S/C9H21NO3S/c1-4-9(5-2)7-14(12,13)10-6-8(3)11/h8-11H,4-7H2,1-3H3. The fourth-order valence-corrected chi connectivity index (χ4v) is 2.85. The Morgan fingerprint density at radius 2 is 1.79 bits per heavy atom. The number of rotatable bonds is 7. The number of aliphatic hydroxyl groups is 1. The first-order chi connectivity index (χ1) is 6.41. The van der Waals surface area contributed by atoms with Gasteiger partial charge in [0.2, 0.25) is 10.0 Å². The van der Waals surface area contributed by atoms with E-state index in [0.717, 1.165) is 12.8 Å². The Kier molecular flexibility index (Phi) is 6.31. The molecule has 0 saturated carbocycles. The lowest BCUT2D eigenvalue weighted by Crippen LogP contribution is -2.34. The normalized spacial score (nSPS) is 14.6. The molecule has 0 aromatic heterocycles. The molecule has 0 rings (SSSR count). The second-order valence-corrected chi connectivity index (χ2v) is 5.51. The minimum absolute atomic E-state index is 0.0997. The third-order valence-corrected chi connectivity index (χ3v) is 3.73. The summed E-state index contributed by atoms with van der Waals surface area (Å²) in [5.74, 6) is 0.369. The van der Waals surface area contributed by atoms with Crippen molar-refractivity contribution in [3.05, 3.63) is 0 Å². The van der Waals surface area contributed by atoms with E-state index in [2.05, 4.69) is 4.72 Å². The Hall–Kier alpha value is -0.130. The van der Waals surface area contributed by atoms with Crippen LogP contribution in [0.4, 0.5) is 0 Å². The van der Waals surface area contributed by atoms with E-state index in [0.29, 0.717) is 0 Å². The summed E-state index contributed by atoms with van der Waals surface area (Å²) in [7, 11) is -3.21. The van der Waals surface area contributed by atoms with Crippen LogP contribution in [0.3, 0.4) is 0 Å². The molecule has 0 heterocycles. The van der Waals surface area contributed by atoms with Gasteiger partial charge in [0.1, 0.15) is 0 Å². The van der Waals surface area contributed by atoms with Gasteiger partial charge in [0, 0.05) is 6.54 Å². The van der Waals surface area contributed by atoms with Crippen molar-refractivity contribution >= 4 is 10.0 Å². The summed E-state index contributed by atoms with van der Waals surface area (Å²) in [5, 5.41) is 8.94. The minimum Gasteiger partial charge on any atom is -0.392 e. The highest BCUT2D eigenvalue weighted by atomic mass is 32.2. The van der Waals surface area contributed by atoms with Gasteiger partial charge in [-0.2, -0.15) is 0 Å². The van der Waals surface area contributed by atoms with E-state index < -0.39 is 16.1 Å². The van der Waals surface area contributed by atoms with Gasteiger partial charge in [-0.25, -0.2) is 13.1 Å². The molecule has 5 heteroatoms. The zero-order chi connectivity index (χ0) is 11.2. The van der Waals surface area contributed by atoms with Gasteiger partial charge < -0.3 is 5.11 Å². The molecule has 0 amide bonds. The first kappa shape index (κ1) is 13.9. The van der Waals surface area contributed by atoms with Crippen molar-refractivity contribution < 1.29 is 13.5 Å². The van der Waals surface area contributed by atoms with Crippen LogP contribution in [0, 0.1) is 5.92 Å². The molecule has 0 aliphatic carbocycles. The number of sulfonamides is 1. The predicted octanol–water partition coefficient (Wildman–Crippen LogP) is 0.723. The molecular formula is C9H21NO3S. The van der Waals surface area contributed by atoms with Crippen molar-refractivity contribution in [1.82, 2.24) is 4.72 Å². The van der Waals surface area contributed by atoms with Crippen LogP contribution in [0.15, 0.2) is 0 Å². The summed E-state index contributed by atoms with van der Waals surface area (Å²) in [4.78, 5) is 0. The average molecular weight is 223 g/mol. The number of aliphatic hydroxyl groups excluding tert-OH is 1. The third-order valence-electron chi connectivity index (χ3n) is 2.21. The number of nitrogens with one attached hydrogen (secondary N) is 1. The van der Waals surface area contributed by atoms with Gasteiger partial charge in [0.25, 0.3) is 0 Å². The Balaban J connectivity index is 4.06. The van der Waals surface area contributed by atoms with Crippen molar-refractivity contribution in [2.45, 2.75) is 39.7 Å². The fourth-order valence-electron chi connectivity index (χ4n) is 1.14. The maximum atomic E-state index is 11.4.